The molecular formula is C43H63N5O11S. The lowest BCUT2D eigenvalue weighted by Gasteiger charge is -2.47. The Hall–Kier alpha value is -3.77. The molecule has 0 N–H and O–H groups in total. The van der Waals surface area contributed by atoms with Crippen molar-refractivity contribution in [2.75, 3.05) is 27.0 Å². The van der Waals surface area contributed by atoms with E-state index >= 15 is 0 Å². The number of Topliss-reactive ketones (excluding diaryl/α,β-unsaturated/α-hetero) is 2. The molecule has 0 aromatic carbocycles. The maximum absolute atomic E-state index is 14.8. The van der Waals surface area contributed by atoms with Crippen molar-refractivity contribution in [2.24, 2.45) is 29.6 Å². The lowest BCUT2D eigenvalue weighted by atomic mass is 9.70. The summed E-state index contributed by atoms with van der Waals surface area (Å²) in [7, 11) is 5.24. The van der Waals surface area contributed by atoms with E-state index in [4.69, 9.17) is 28.4 Å². The molecule has 0 spiro atoms. The second kappa shape index (κ2) is 19.5. The minimum absolute atomic E-state index is 0.101. The third kappa shape index (κ3) is 9.96. The molecule has 5 heterocycles. The first-order valence-corrected chi connectivity index (χ1v) is 21.9. The van der Waals surface area contributed by atoms with E-state index in [2.05, 4.69) is 15.1 Å². The van der Waals surface area contributed by atoms with Gasteiger partial charge in [0, 0.05) is 61.4 Å². The Balaban J connectivity index is 1.49. The van der Waals surface area contributed by atoms with Crippen LogP contribution in [0.5, 0.6) is 0 Å². The van der Waals surface area contributed by atoms with Crippen molar-refractivity contribution in [3.05, 3.63) is 30.9 Å². The smallest absolute Gasteiger partial charge is 0.320 e. The van der Waals surface area contributed by atoms with Crippen LogP contribution in [0.15, 0.2) is 30.9 Å². The van der Waals surface area contributed by atoms with Crippen LogP contribution < -0.4 is 0 Å². The van der Waals surface area contributed by atoms with Gasteiger partial charge in [-0.05, 0) is 73.2 Å². The minimum Gasteiger partial charge on any atom is -0.458 e. The fourth-order valence-electron chi connectivity index (χ4n) is 9.35. The number of thioether (sulfide) groups is 1. The zero-order valence-electron chi connectivity index (χ0n) is 37.0. The summed E-state index contributed by atoms with van der Waals surface area (Å²) in [5.41, 5.74) is -1.93. The number of esters is 3. The number of aromatic nitrogens is 4. The Morgan fingerprint density at radius 1 is 1.05 bits per heavy atom. The molecule has 5 rings (SSSR count). The van der Waals surface area contributed by atoms with E-state index in [1.54, 1.807) is 64.1 Å². The zero-order valence-corrected chi connectivity index (χ0v) is 37.8. The van der Waals surface area contributed by atoms with Gasteiger partial charge in [0.15, 0.2) is 29.6 Å². The molecule has 0 radical (unpaired) electrons. The summed E-state index contributed by atoms with van der Waals surface area (Å²) in [5, 5.41) is 3.78. The number of hydrogen-bond donors (Lipinski definition) is 0. The van der Waals surface area contributed by atoms with Gasteiger partial charge in [0.1, 0.15) is 29.4 Å². The van der Waals surface area contributed by atoms with Crippen molar-refractivity contribution < 1.29 is 52.4 Å². The largest absolute Gasteiger partial charge is 0.458 e. The molecule has 3 saturated heterocycles. The van der Waals surface area contributed by atoms with Crippen molar-refractivity contribution in [3.8, 4) is 11.4 Å². The van der Waals surface area contributed by atoms with Crippen molar-refractivity contribution in [1.29, 1.82) is 0 Å². The van der Waals surface area contributed by atoms with Gasteiger partial charge in [0.05, 0.1) is 30.4 Å². The Morgan fingerprint density at radius 2 is 1.77 bits per heavy atom. The van der Waals surface area contributed by atoms with Crippen LogP contribution >= 0.6 is 11.8 Å². The number of cyclic esters (lactones) is 1. The van der Waals surface area contributed by atoms with E-state index in [1.165, 1.54) is 32.7 Å². The molecule has 3 aliphatic rings. The van der Waals surface area contributed by atoms with E-state index in [0.29, 0.717) is 24.5 Å². The molecule has 0 bridgehead atoms. The second-order valence-corrected chi connectivity index (χ2v) is 18.5. The van der Waals surface area contributed by atoms with Gasteiger partial charge in [-0.2, -0.15) is 5.10 Å². The molecule has 60 heavy (non-hydrogen) atoms. The highest BCUT2D eigenvalue weighted by molar-refractivity contribution is 8.00. The predicted molar refractivity (Wildman–Crippen MR) is 221 cm³/mol. The van der Waals surface area contributed by atoms with E-state index in [1.807, 2.05) is 38.9 Å². The molecule has 3 aliphatic heterocycles. The van der Waals surface area contributed by atoms with Crippen LogP contribution in [0.25, 0.3) is 11.4 Å². The molecule has 0 unspecified atom stereocenters. The van der Waals surface area contributed by atoms with Crippen molar-refractivity contribution in [1.82, 2.24) is 24.6 Å². The number of carbonyl (C=O) groups excluding carboxylic acids is 5. The molecule has 2 aromatic rings. The highest BCUT2D eigenvalue weighted by Crippen LogP contribution is 2.49. The number of ether oxygens (including phenoxy) is 6. The summed E-state index contributed by atoms with van der Waals surface area (Å²) in [6.45, 7) is 15.7. The quantitative estimate of drug-likeness (QED) is 0.174. The third-order valence-corrected chi connectivity index (χ3v) is 13.9. The molecule has 0 aliphatic carbocycles. The Labute approximate surface area is 357 Å². The second-order valence-electron chi connectivity index (χ2n) is 17.3. The number of aryl methyl sites for hydroxylation is 1. The van der Waals surface area contributed by atoms with Crippen LogP contribution in [0.4, 0.5) is 0 Å². The normalized spacial score (nSPS) is 37.0. The standard InChI is InChI=1S/C43H63N5O11S/c1-13-31-43(9)32(36(40(53)59-43)60-18-17-48-22-45-38(46-48)29-15-14-16-44-21-29)25(4)33(50)23(2)20-42(8,54-12)37(26(5)34(51)27(6)39(52)57-31)58-41-35(56-28(7)49)30(47(10)11)19-24(3)55-41/h14-16,21-27,30-32,35-37,41H,13,17-20H2,1-12H3/t23-,24-,25-,26+,27-,30+,31-,32+,35-,36+,37-,41+,42-,43-/m1/s1. The molecule has 332 valence electrons. The van der Waals surface area contributed by atoms with Crippen LogP contribution in [-0.2, 0) is 58.9 Å². The number of rotatable bonds is 11. The SMILES string of the molecule is CC[C@H]1OC(=O)[C@H](C)C(=O)[C@H](C)[C@@H](O[C@@H]2O[C@H](C)C[C@H](N(C)C)[C@H]2OC(C)=O)[C@](C)(OC)C[C@@H](C)C(=O)[C@H](C)[C@H]2[C@H](SCCn3cnc(-c4cccnc4)n3)C(=O)O[C@@]21C. The average Bonchev–Trinajstić information content (AvgIpc) is 3.79. The molecule has 2 aromatic heterocycles. The number of nitrogens with zero attached hydrogens (tertiary/aromatic N) is 5. The fraction of sp³-hybridized carbons (Fsp3) is 0.721. The first-order valence-electron chi connectivity index (χ1n) is 20.9. The van der Waals surface area contributed by atoms with Gasteiger partial charge in [0.25, 0.3) is 0 Å². The molecule has 0 saturated carbocycles. The van der Waals surface area contributed by atoms with Gasteiger partial charge in [0.2, 0.25) is 0 Å². The van der Waals surface area contributed by atoms with Crippen molar-refractivity contribution >= 4 is 41.2 Å². The first kappa shape index (κ1) is 47.3. The van der Waals surface area contributed by atoms with Gasteiger partial charge in [-0.25, -0.2) is 4.98 Å². The summed E-state index contributed by atoms with van der Waals surface area (Å²) in [6.07, 6.45) is 1.54. The number of ketones is 2. The zero-order chi connectivity index (χ0) is 44.3. The Bertz CT molecular complexity index is 1850. The van der Waals surface area contributed by atoms with Crippen molar-refractivity contribution in [3.63, 3.8) is 0 Å². The number of pyridine rings is 1. The third-order valence-electron chi connectivity index (χ3n) is 12.7. The van der Waals surface area contributed by atoms with E-state index in [-0.39, 0.29) is 30.8 Å². The summed E-state index contributed by atoms with van der Waals surface area (Å²) >= 11 is 1.35. The Morgan fingerprint density at radius 3 is 2.38 bits per heavy atom. The summed E-state index contributed by atoms with van der Waals surface area (Å²) < 4.78 is 39.2. The van der Waals surface area contributed by atoms with Gasteiger partial charge in [-0.15, -0.1) is 11.8 Å². The van der Waals surface area contributed by atoms with Crippen LogP contribution in [0.1, 0.15) is 81.6 Å². The van der Waals surface area contributed by atoms with E-state index in [9.17, 15) is 24.0 Å². The highest BCUT2D eigenvalue weighted by Gasteiger charge is 2.61. The predicted octanol–water partition coefficient (Wildman–Crippen LogP) is 4.57. The molecule has 14 atom stereocenters. The Kier molecular flexibility index (Phi) is 15.4. The van der Waals surface area contributed by atoms with Gasteiger partial charge in [-0.3, -0.25) is 33.6 Å². The van der Waals surface area contributed by atoms with Gasteiger partial charge < -0.3 is 33.3 Å². The topological polar surface area (TPSA) is 188 Å². The number of fused-ring (bicyclic) bond motifs is 1. The highest BCUT2D eigenvalue weighted by atomic mass is 32.2. The maximum atomic E-state index is 14.8. The van der Waals surface area contributed by atoms with Crippen LogP contribution in [0, 0.1) is 29.6 Å². The first-order chi connectivity index (χ1) is 28.3. The number of methoxy groups -OCH3 is 1. The van der Waals surface area contributed by atoms with E-state index < -0.39 is 94.3 Å². The molecule has 16 nitrogen and oxygen atoms in total. The van der Waals surface area contributed by atoms with Gasteiger partial charge >= 0.3 is 17.9 Å². The lowest BCUT2D eigenvalue weighted by molar-refractivity contribution is -0.298. The average molecular weight is 858 g/mol. The van der Waals surface area contributed by atoms with Crippen LogP contribution in [0.3, 0.4) is 0 Å². The number of hydrogen-bond acceptors (Lipinski definition) is 16. The van der Waals surface area contributed by atoms with Crippen LogP contribution in [0.2, 0.25) is 0 Å². The molecular weight excluding hydrogens is 795 g/mol. The monoisotopic (exact) mass is 857 g/mol. The van der Waals surface area contributed by atoms with Gasteiger partial charge in [-0.1, -0.05) is 27.7 Å². The fourth-order valence-corrected chi connectivity index (χ4v) is 10.8. The molecule has 17 heteroatoms. The maximum Gasteiger partial charge on any atom is 0.320 e. The van der Waals surface area contributed by atoms with Crippen molar-refractivity contribution in [2.45, 2.75) is 141 Å². The molecule has 3 fully saturated rings. The summed E-state index contributed by atoms with van der Waals surface area (Å²) in [6, 6.07) is 3.40. The summed E-state index contributed by atoms with van der Waals surface area (Å²) in [5.74, 6) is -5.90. The van der Waals surface area contributed by atoms with Crippen LogP contribution in [-0.4, -0.2) is 134 Å². The summed E-state index contributed by atoms with van der Waals surface area (Å²) in [4.78, 5) is 80.2. The van der Waals surface area contributed by atoms with E-state index in [0.717, 1.165) is 5.56 Å². The number of carbonyl (C=O) groups is 5. The minimum atomic E-state index is -1.40. The number of likely N-dealkylation sites (N-methyl/N-ethyl adjacent to an activating group) is 1. The molecule has 0 amide bonds. The lowest BCUT2D eigenvalue weighted by Crippen LogP contribution is -2.60.